The minimum Gasteiger partial charge on any atom is -0.267 e. The van der Waals surface area contributed by atoms with Crippen LogP contribution in [0.2, 0.25) is 0 Å². The molecule has 0 aliphatic carbocycles. The third-order valence-electron chi connectivity index (χ3n) is 4.66. The Morgan fingerprint density at radius 1 is 0.806 bits per heavy atom. The molecule has 0 aliphatic heterocycles. The average molecular weight is 430 g/mol. The molecule has 4 rings (SSSR count). The Hall–Kier alpha value is -3.91. The molecular formula is C23H18N4O3S. The zero-order valence-corrected chi connectivity index (χ0v) is 17.3. The highest BCUT2D eigenvalue weighted by Gasteiger charge is 2.18. The van der Waals surface area contributed by atoms with Gasteiger partial charge in [0.1, 0.15) is 0 Å². The van der Waals surface area contributed by atoms with E-state index in [1.54, 1.807) is 60.7 Å². The van der Waals surface area contributed by atoms with Crippen LogP contribution in [0.4, 0.5) is 0 Å². The van der Waals surface area contributed by atoms with Crippen LogP contribution in [0, 0.1) is 0 Å². The van der Waals surface area contributed by atoms with E-state index in [0.29, 0.717) is 22.0 Å². The lowest BCUT2D eigenvalue weighted by molar-refractivity contribution is 0.0842. The van der Waals surface area contributed by atoms with E-state index in [1.807, 2.05) is 24.5 Å². The van der Waals surface area contributed by atoms with Crippen molar-refractivity contribution in [3.05, 3.63) is 100 Å². The lowest BCUT2D eigenvalue weighted by Gasteiger charge is -2.12. The number of rotatable bonds is 4. The second-order valence-corrected chi connectivity index (χ2v) is 7.40. The molecular weight excluding hydrogens is 412 g/mol. The first-order chi connectivity index (χ1) is 15.1. The summed E-state index contributed by atoms with van der Waals surface area (Å²) in [5.74, 6) is -1.07. The van der Waals surface area contributed by atoms with E-state index in [4.69, 9.17) is 0 Å². The molecule has 0 aliphatic rings. The van der Waals surface area contributed by atoms with Gasteiger partial charge in [0.25, 0.3) is 17.4 Å². The Bertz CT molecular complexity index is 1340. The largest absolute Gasteiger partial charge is 0.290 e. The Kier molecular flexibility index (Phi) is 5.81. The molecule has 2 amide bonds. The lowest BCUT2D eigenvalue weighted by atomic mass is 10.1. The van der Waals surface area contributed by atoms with Crippen molar-refractivity contribution >= 4 is 34.3 Å². The number of carbonyl (C=O) groups is 2. The summed E-state index contributed by atoms with van der Waals surface area (Å²) in [6, 6.07) is 22.7. The van der Waals surface area contributed by atoms with E-state index in [-0.39, 0.29) is 11.3 Å². The number of amides is 2. The fraction of sp³-hybridized carbons (Fsp3) is 0.0435. The highest BCUT2D eigenvalue weighted by atomic mass is 32.2. The van der Waals surface area contributed by atoms with Crippen molar-refractivity contribution < 1.29 is 9.59 Å². The molecule has 0 atom stereocenters. The van der Waals surface area contributed by atoms with E-state index in [9.17, 15) is 14.4 Å². The fourth-order valence-electron chi connectivity index (χ4n) is 3.17. The first kappa shape index (κ1) is 20.4. The molecule has 4 aromatic rings. The number of para-hydroxylation sites is 1. The van der Waals surface area contributed by atoms with Gasteiger partial charge in [-0.25, -0.2) is 0 Å². The standard InChI is InChI=1S/C23H18N4O3S/c1-31-19-14-8-7-13-18(19)21(28)24-25-22(29)20-16-11-5-6-12-17(16)23(30)27(26-20)15-9-3-2-4-10-15/h2-14H,1H3,(H,24,28)(H,25,29). The maximum absolute atomic E-state index is 12.9. The Morgan fingerprint density at radius 3 is 2.16 bits per heavy atom. The van der Waals surface area contributed by atoms with Crippen molar-refractivity contribution in [1.82, 2.24) is 20.6 Å². The predicted molar refractivity (Wildman–Crippen MR) is 120 cm³/mol. The Balaban J connectivity index is 1.69. The molecule has 0 saturated heterocycles. The van der Waals surface area contributed by atoms with Gasteiger partial charge in [0.15, 0.2) is 5.69 Å². The monoisotopic (exact) mass is 430 g/mol. The highest BCUT2D eigenvalue weighted by Crippen LogP contribution is 2.19. The van der Waals surface area contributed by atoms with Gasteiger partial charge in [0, 0.05) is 10.3 Å². The predicted octanol–water partition coefficient (Wildman–Crippen LogP) is 3.18. The van der Waals surface area contributed by atoms with Crippen LogP contribution in [0.25, 0.3) is 16.5 Å². The molecule has 0 saturated carbocycles. The van der Waals surface area contributed by atoms with Crippen LogP contribution >= 0.6 is 11.8 Å². The summed E-state index contributed by atoms with van der Waals surface area (Å²) < 4.78 is 1.18. The molecule has 154 valence electrons. The fourth-order valence-corrected chi connectivity index (χ4v) is 3.77. The zero-order chi connectivity index (χ0) is 21.8. The number of aromatic nitrogens is 2. The van der Waals surface area contributed by atoms with Crippen LogP contribution in [0.3, 0.4) is 0 Å². The lowest BCUT2D eigenvalue weighted by Crippen LogP contribution is -2.42. The molecule has 0 spiro atoms. The van der Waals surface area contributed by atoms with Crippen molar-refractivity contribution in [2.75, 3.05) is 6.26 Å². The van der Waals surface area contributed by atoms with Gasteiger partial charge in [-0.2, -0.15) is 9.78 Å². The summed E-state index contributed by atoms with van der Waals surface area (Å²) in [7, 11) is 0. The summed E-state index contributed by atoms with van der Waals surface area (Å²) in [5, 5.41) is 5.04. The number of nitrogens with zero attached hydrogens (tertiary/aromatic N) is 2. The summed E-state index contributed by atoms with van der Waals surface area (Å²) in [4.78, 5) is 39.2. The molecule has 8 heteroatoms. The van der Waals surface area contributed by atoms with Crippen LogP contribution in [0.5, 0.6) is 0 Å². The third kappa shape index (κ3) is 4.06. The summed E-state index contributed by atoms with van der Waals surface area (Å²) >= 11 is 1.43. The minimum absolute atomic E-state index is 0.0255. The van der Waals surface area contributed by atoms with Crippen LogP contribution in [0.15, 0.2) is 88.6 Å². The van der Waals surface area contributed by atoms with Gasteiger partial charge in [-0.05, 0) is 36.6 Å². The van der Waals surface area contributed by atoms with Gasteiger partial charge in [-0.15, -0.1) is 11.8 Å². The van der Waals surface area contributed by atoms with Crippen molar-refractivity contribution in [3.8, 4) is 5.69 Å². The maximum Gasteiger partial charge on any atom is 0.290 e. The van der Waals surface area contributed by atoms with Gasteiger partial charge in [-0.1, -0.05) is 48.5 Å². The number of thioether (sulfide) groups is 1. The Labute approximate surface area is 182 Å². The number of hydrazine groups is 1. The smallest absolute Gasteiger partial charge is 0.267 e. The van der Waals surface area contributed by atoms with Gasteiger partial charge in [0.05, 0.1) is 16.6 Å². The van der Waals surface area contributed by atoms with Crippen LogP contribution in [0.1, 0.15) is 20.8 Å². The third-order valence-corrected chi connectivity index (χ3v) is 5.46. The van der Waals surface area contributed by atoms with Crippen LogP contribution in [-0.4, -0.2) is 27.9 Å². The first-order valence-corrected chi connectivity index (χ1v) is 10.6. The first-order valence-electron chi connectivity index (χ1n) is 9.41. The zero-order valence-electron chi connectivity index (χ0n) is 16.5. The quantitative estimate of drug-likeness (QED) is 0.383. The molecule has 7 nitrogen and oxygen atoms in total. The highest BCUT2D eigenvalue weighted by molar-refractivity contribution is 7.98. The molecule has 0 unspecified atom stereocenters. The molecule has 1 heterocycles. The van der Waals surface area contributed by atoms with Crippen LogP contribution in [-0.2, 0) is 0 Å². The molecule has 31 heavy (non-hydrogen) atoms. The summed E-state index contributed by atoms with van der Waals surface area (Å²) in [5.41, 5.74) is 5.51. The normalized spacial score (nSPS) is 10.6. The summed E-state index contributed by atoms with van der Waals surface area (Å²) in [6.45, 7) is 0. The van der Waals surface area contributed by atoms with E-state index in [2.05, 4.69) is 16.0 Å². The number of benzene rings is 3. The van der Waals surface area contributed by atoms with Crippen molar-refractivity contribution in [2.24, 2.45) is 0 Å². The SMILES string of the molecule is CSc1ccccc1C(=O)NNC(=O)c1nn(-c2ccccc2)c(=O)c2ccccc12. The van der Waals surface area contributed by atoms with E-state index >= 15 is 0 Å². The summed E-state index contributed by atoms with van der Waals surface area (Å²) in [6.07, 6.45) is 1.87. The molecule has 0 radical (unpaired) electrons. The van der Waals surface area contributed by atoms with E-state index in [1.165, 1.54) is 16.4 Å². The van der Waals surface area contributed by atoms with Crippen molar-refractivity contribution in [1.29, 1.82) is 0 Å². The van der Waals surface area contributed by atoms with E-state index < -0.39 is 11.8 Å². The van der Waals surface area contributed by atoms with Crippen molar-refractivity contribution in [2.45, 2.75) is 4.90 Å². The average Bonchev–Trinajstić information content (AvgIpc) is 2.83. The topological polar surface area (TPSA) is 93.1 Å². The maximum atomic E-state index is 12.9. The molecule has 1 aromatic heterocycles. The van der Waals surface area contributed by atoms with Gasteiger partial charge >= 0.3 is 0 Å². The second-order valence-electron chi connectivity index (χ2n) is 6.56. The molecule has 2 N–H and O–H groups in total. The molecule has 0 fully saturated rings. The van der Waals surface area contributed by atoms with Gasteiger partial charge < -0.3 is 0 Å². The number of hydrogen-bond acceptors (Lipinski definition) is 5. The number of nitrogens with one attached hydrogen (secondary N) is 2. The van der Waals surface area contributed by atoms with E-state index in [0.717, 1.165) is 4.90 Å². The van der Waals surface area contributed by atoms with Gasteiger partial charge in [-0.3, -0.25) is 25.2 Å². The number of hydrogen-bond donors (Lipinski definition) is 2. The minimum atomic E-state index is -0.629. The Morgan fingerprint density at radius 2 is 1.42 bits per heavy atom. The number of fused-ring (bicyclic) bond motifs is 1. The second kappa shape index (κ2) is 8.85. The molecule has 3 aromatic carbocycles. The van der Waals surface area contributed by atoms with Gasteiger partial charge in [0.2, 0.25) is 0 Å². The van der Waals surface area contributed by atoms with Crippen molar-refractivity contribution in [3.63, 3.8) is 0 Å². The molecule has 0 bridgehead atoms. The number of carbonyl (C=O) groups excluding carboxylic acids is 2. The van der Waals surface area contributed by atoms with Crippen LogP contribution < -0.4 is 16.4 Å².